The molecule has 0 spiro atoms. The van der Waals surface area contributed by atoms with Crippen LogP contribution in [0.5, 0.6) is 0 Å². The topological polar surface area (TPSA) is 90.7 Å². The predicted molar refractivity (Wildman–Crippen MR) is 109 cm³/mol. The number of benzene rings is 1. The second-order valence-electron chi connectivity index (χ2n) is 8.41. The van der Waals surface area contributed by atoms with Gasteiger partial charge in [-0.25, -0.2) is 4.90 Å². The summed E-state index contributed by atoms with van der Waals surface area (Å²) in [7, 11) is 0. The molecule has 0 bridgehead atoms. The SMILES string of the molecule is N#Cc1ccc(N2C(=O)CC(N(CC3CCCO3)C(=O)C3CCCCC3)C2=O)cc1. The number of hydrogen-bond acceptors (Lipinski definition) is 5. The molecule has 3 aliphatic rings. The van der Waals surface area contributed by atoms with Crippen LogP contribution in [-0.4, -0.2) is 47.9 Å². The Bertz CT molecular complexity index is 848. The summed E-state index contributed by atoms with van der Waals surface area (Å²) in [6.45, 7) is 1.03. The molecule has 1 aliphatic carbocycles. The highest BCUT2D eigenvalue weighted by Crippen LogP contribution is 2.31. The van der Waals surface area contributed by atoms with Gasteiger partial charge in [-0.15, -0.1) is 0 Å². The molecule has 2 aliphatic heterocycles. The molecule has 1 aromatic rings. The van der Waals surface area contributed by atoms with E-state index >= 15 is 0 Å². The Morgan fingerprint density at radius 1 is 1.10 bits per heavy atom. The lowest BCUT2D eigenvalue weighted by molar-refractivity contribution is -0.144. The van der Waals surface area contributed by atoms with Gasteiger partial charge in [0.05, 0.1) is 29.8 Å². The molecular formula is C23H27N3O4. The van der Waals surface area contributed by atoms with Crippen LogP contribution >= 0.6 is 0 Å². The summed E-state index contributed by atoms with van der Waals surface area (Å²) in [5.74, 6) is -0.777. The summed E-state index contributed by atoms with van der Waals surface area (Å²) in [4.78, 5) is 42.2. The molecule has 4 rings (SSSR count). The standard InChI is InChI=1S/C23H27N3O4/c24-14-16-8-10-18(11-9-16)26-21(27)13-20(23(26)29)25(15-19-7-4-12-30-19)22(28)17-5-2-1-3-6-17/h8-11,17,19-20H,1-7,12-13,15H2. The van der Waals surface area contributed by atoms with Crippen molar-refractivity contribution < 1.29 is 19.1 Å². The van der Waals surface area contributed by atoms with Gasteiger partial charge in [0.1, 0.15) is 6.04 Å². The minimum atomic E-state index is -0.785. The monoisotopic (exact) mass is 409 g/mol. The Morgan fingerprint density at radius 3 is 2.47 bits per heavy atom. The number of carbonyl (C=O) groups is 3. The van der Waals surface area contributed by atoms with Gasteiger partial charge in [0.2, 0.25) is 11.8 Å². The fourth-order valence-corrected chi connectivity index (χ4v) is 4.78. The van der Waals surface area contributed by atoms with Crippen LogP contribution < -0.4 is 4.90 Å². The zero-order chi connectivity index (χ0) is 21.1. The van der Waals surface area contributed by atoms with Crippen LogP contribution in [0.3, 0.4) is 0 Å². The molecule has 2 saturated heterocycles. The molecule has 2 atom stereocenters. The van der Waals surface area contributed by atoms with Crippen LogP contribution in [0.25, 0.3) is 0 Å². The first kappa shape index (κ1) is 20.5. The van der Waals surface area contributed by atoms with E-state index in [1.54, 1.807) is 29.2 Å². The Balaban J connectivity index is 1.57. The lowest BCUT2D eigenvalue weighted by atomic mass is 9.87. The van der Waals surface area contributed by atoms with E-state index in [0.717, 1.165) is 49.8 Å². The van der Waals surface area contributed by atoms with E-state index in [0.29, 0.717) is 24.4 Å². The van der Waals surface area contributed by atoms with Gasteiger partial charge in [-0.1, -0.05) is 19.3 Å². The Hall–Kier alpha value is -2.72. The second kappa shape index (κ2) is 8.97. The Labute approximate surface area is 176 Å². The van der Waals surface area contributed by atoms with Crippen molar-refractivity contribution in [1.29, 1.82) is 5.26 Å². The summed E-state index contributed by atoms with van der Waals surface area (Å²) in [6.07, 6.45) is 6.60. The maximum atomic E-state index is 13.4. The van der Waals surface area contributed by atoms with Gasteiger partial charge in [0.25, 0.3) is 5.91 Å². The van der Waals surface area contributed by atoms with Gasteiger partial charge < -0.3 is 9.64 Å². The fourth-order valence-electron chi connectivity index (χ4n) is 4.78. The van der Waals surface area contributed by atoms with Crippen molar-refractivity contribution in [3.8, 4) is 6.07 Å². The van der Waals surface area contributed by atoms with Crippen molar-refractivity contribution in [3.63, 3.8) is 0 Å². The van der Waals surface area contributed by atoms with Gasteiger partial charge in [0.15, 0.2) is 0 Å². The number of anilines is 1. The number of amides is 3. The first-order chi connectivity index (χ1) is 14.6. The van der Waals surface area contributed by atoms with Crippen LogP contribution in [0.2, 0.25) is 0 Å². The highest BCUT2D eigenvalue weighted by Gasteiger charge is 2.46. The Morgan fingerprint density at radius 2 is 1.83 bits per heavy atom. The quantitative estimate of drug-likeness (QED) is 0.698. The van der Waals surface area contributed by atoms with E-state index in [-0.39, 0.29) is 36.2 Å². The molecule has 0 radical (unpaired) electrons. The minimum Gasteiger partial charge on any atom is -0.376 e. The first-order valence-electron chi connectivity index (χ1n) is 10.9. The summed E-state index contributed by atoms with van der Waals surface area (Å²) in [6, 6.07) is 7.62. The summed E-state index contributed by atoms with van der Waals surface area (Å²) in [5.41, 5.74) is 0.899. The number of hydrogen-bond donors (Lipinski definition) is 0. The fraction of sp³-hybridized carbons (Fsp3) is 0.565. The molecule has 3 amide bonds. The first-order valence-corrected chi connectivity index (χ1v) is 10.9. The van der Waals surface area contributed by atoms with Crippen molar-refractivity contribution in [2.45, 2.75) is 63.5 Å². The zero-order valence-corrected chi connectivity index (χ0v) is 17.1. The smallest absolute Gasteiger partial charge is 0.257 e. The maximum absolute atomic E-state index is 13.4. The number of carbonyl (C=O) groups excluding carboxylic acids is 3. The van der Waals surface area contributed by atoms with Crippen molar-refractivity contribution in [3.05, 3.63) is 29.8 Å². The van der Waals surface area contributed by atoms with Crippen molar-refractivity contribution in [1.82, 2.24) is 4.90 Å². The normalized spacial score (nSPS) is 24.8. The summed E-state index contributed by atoms with van der Waals surface area (Å²) >= 11 is 0. The molecule has 158 valence electrons. The molecule has 1 aromatic carbocycles. The maximum Gasteiger partial charge on any atom is 0.257 e. The van der Waals surface area contributed by atoms with Gasteiger partial charge in [-0.2, -0.15) is 5.26 Å². The largest absolute Gasteiger partial charge is 0.376 e. The third-order valence-corrected chi connectivity index (χ3v) is 6.42. The second-order valence-corrected chi connectivity index (χ2v) is 8.41. The van der Waals surface area contributed by atoms with Crippen molar-refractivity contribution in [2.75, 3.05) is 18.1 Å². The average molecular weight is 409 g/mol. The summed E-state index contributed by atoms with van der Waals surface area (Å²) < 4.78 is 5.75. The minimum absolute atomic E-state index is 0.00991. The average Bonchev–Trinajstić information content (AvgIpc) is 3.40. The molecule has 1 saturated carbocycles. The molecule has 0 N–H and O–H groups in total. The molecule has 2 heterocycles. The van der Waals surface area contributed by atoms with Gasteiger partial charge in [0, 0.05) is 19.1 Å². The van der Waals surface area contributed by atoms with Crippen LogP contribution in [-0.2, 0) is 19.1 Å². The lowest BCUT2D eigenvalue weighted by Gasteiger charge is -2.34. The van der Waals surface area contributed by atoms with Crippen LogP contribution in [0.15, 0.2) is 24.3 Å². The van der Waals surface area contributed by atoms with Gasteiger partial charge in [-0.3, -0.25) is 14.4 Å². The number of imide groups is 1. The lowest BCUT2D eigenvalue weighted by Crippen LogP contribution is -2.50. The molecule has 7 nitrogen and oxygen atoms in total. The highest BCUT2D eigenvalue weighted by molar-refractivity contribution is 6.23. The van der Waals surface area contributed by atoms with Crippen molar-refractivity contribution >= 4 is 23.4 Å². The van der Waals surface area contributed by atoms with E-state index in [2.05, 4.69) is 0 Å². The number of nitriles is 1. The zero-order valence-electron chi connectivity index (χ0n) is 17.1. The molecule has 2 unspecified atom stereocenters. The van der Waals surface area contributed by atoms with Gasteiger partial charge in [-0.05, 0) is 49.9 Å². The Kier molecular flexibility index (Phi) is 6.14. The highest BCUT2D eigenvalue weighted by atomic mass is 16.5. The van der Waals surface area contributed by atoms with Gasteiger partial charge >= 0.3 is 0 Å². The van der Waals surface area contributed by atoms with E-state index in [1.165, 1.54) is 0 Å². The molecule has 7 heteroatoms. The van der Waals surface area contributed by atoms with E-state index in [1.807, 2.05) is 6.07 Å². The van der Waals surface area contributed by atoms with Crippen molar-refractivity contribution in [2.24, 2.45) is 5.92 Å². The number of nitrogens with zero attached hydrogens (tertiary/aromatic N) is 3. The van der Waals surface area contributed by atoms with E-state index in [9.17, 15) is 14.4 Å². The van der Waals surface area contributed by atoms with E-state index < -0.39 is 6.04 Å². The molecular weight excluding hydrogens is 382 g/mol. The van der Waals surface area contributed by atoms with Crippen LogP contribution in [0.1, 0.15) is 56.9 Å². The van der Waals surface area contributed by atoms with E-state index in [4.69, 9.17) is 10.00 Å². The third-order valence-electron chi connectivity index (χ3n) is 6.42. The number of rotatable bonds is 5. The number of ether oxygens (including phenoxy) is 1. The molecule has 30 heavy (non-hydrogen) atoms. The van der Waals surface area contributed by atoms with Crippen LogP contribution in [0.4, 0.5) is 5.69 Å². The molecule has 0 aromatic heterocycles. The summed E-state index contributed by atoms with van der Waals surface area (Å²) in [5, 5.41) is 8.98. The predicted octanol–water partition coefficient (Wildman–Crippen LogP) is 2.78. The molecule has 3 fully saturated rings. The third kappa shape index (κ3) is 4.10. The van der Waals surface area contributed by atoms with Crippen LogP contribution in [0, 0.1) is 17.2 Å².